The van der Waals surface area contributed by atoms with Gasteiger partial charge in [-0.2, -0.15) is 5.26 Å². The highest BCUT2D eigenvalue weighted by Gasteiger charge is 2.21. The largest absolute Gasteiger partial charge is 0.334 e. The van der Waals surface area contributed by atoms with Gasteiger partial charge in [-0.25, -0.2) is 0 Å². The van der Waals surface area contributed by atoms with Gasteiger partial charge in [0.1, 0.15) is 0 Å². The monoisotopic (exact) mass is 278 g/mol. The van der Waals surface area contributed by atoms with Gasteiger partial charge in [-0.1, -0.05) is 19.9 Å². The van der Waals surface area contributed by atoms with Crippen molar-refractivity contribution >= 4 is 17.5 Å². The summed E-state index contributed by atoms with van der Waals surface area (Å²) >= 11 is 5.80. The number of benzene rings is 1. The molecule has 0 fully saturated rings. The average molecular weight is 279 g/mol. The van der Waals surface area contributed by atoms with Crippen molar-refractivity contribution < 1.29 is 4.79 Å². The van der Waals surface area contributed by atoms with Crippen molar-refractivity contribution in [1.82, 2.24) is 4.90 Å². The summed E-state index contributed by atoms with van der Waals surface area (Å²) in [4.78, 5) is 14.3. The third-order valence-corrected chi connectivity index (χ3v) is 3.38. The quantitative estimate of drug-likeness (QED) is 0.748. The SMILES string of the molecule is CCC(CC)N(CCCl)C(=O)c1cccc(C#N)c1. The minimum atomic E-state index is -0.0496. The number of carbonyl (C=O) groups is 1. The van der Waals surface area contributed by atoms with E-state index in [-0.39, 0.29) is 11.9 Å². The van der Waals surface area contributed by atoms with Crippen LogP contribution in [0.5, 0.6) is 0 Å². The van der Waals surface area contributed by atoms with Crippen LogP contribution in [0.4, 0.5) is 0 Å². The Bertz CT molecular complexity index is 463. The Morgan fingerprint density at radius 3 is 2.63 bits per heavy atom. The Kier molecular flexibility index (Phi) is 6.38. The molecule has 102 valence electrons. The standard InChI is InChI=1S/C15H19ClN2O/c1-3-14(4-2)18(9-8-16)15(19)13-7-5-6-12(10-13)11-17/h5-7,10,14H,3-4,8-9H2,1-2H3. The molecular formula is C15H19ClN2O. The van der Waals surface area contributed by atoms with Gasteiger partial charge in [0.2, 0.25) is 0 Å². The molecular weight excluding hydrogens is 260 g/mol. The van der Waals surface area contributed by atoms with Crippen molar-refractivity contribution in [3.8, 4) is 6.07 Å². The average Bonchev–Trinajstić information content (AvgIpc) is 2.47. The third-order valence-electron chi connectivity index (χ3n) is 3.21. The van der Waals surface area contributed by atoms with Crippen LogP contribution in [-0.2, 0) is 0 Å². The summed E-state index contributed by atoms with van der Waals surface area (Å²) in [6, 6.07) is 9.05. The zero-order chi connectivity index (χ0) is 14.3. The number of hydrogen-bond donors (Lipinski definition) is 0. The van der Waals surface area contributed by atoms with E-state index >= 15 is 0 Å². The molecule has 0 bridgehead atoms. The van der Waals surface area contributed by atoms with Crippen LogP contribution in [0.3, 0.4) is 0 Å². The van der Waals surface area contributed by atoms with Gasteiger partial charge < -0.3 is 4.90 Å². The number of rotatable bonds is 6. The molecule has 0 unspecified atom stereocenters. The maximum atomic E-state index is 12.5. The Labute approximate surface area is 119 Å². The second-order valence-corrected chi connectivity index (χ2v) is 4.73. The lowest BCUT2D eigenvalue weighted by Crippen LogP contribution is -2.41. The smallest absolute Gasteiger partial charge is 0.254 e. The number of nitrogens with zero attached hydrogens (tertiary/aromatic N) is 2. The lowest BCUT2D eigenvalue weighted by atomic mass is 10.1. The van der Waals surface area contributed by atoms with Gasteiger partial charge in [-0.05, 0) is 31.0 Å². The highest BCUT2D eigenvalue weighted by molar-refractivity contribution is 6.18. The van der Waals surface area contributed by atoms with Crippen LogP contribution in [0.25, 0.3) is 0 Å². The second-order valence-electron chi connectivity index (χ2n) is 4.35. The second kappa shape index (κ2) is 7.81. The zero-order valence-electron chi connectivity index (χ0n) is 11.4. The Hall–Kier alpha value is -1.53. The van der Waals surface area contributed by atoms with Gasteiger partial charge in [0, 0.05) is 24.0 Å². The molecule has 0 N–H and O–H groups in total. The molecule has 0 aromatic heterocycles. The van der Waals surface area contributed by atoms with Crippen molar-refractivity contribution in [1.29, 1.82) is 5.26 Å². The van der Waals surface area contributed by atoms with Crippen LogP contribution < -0.4 is 0 Å². The summed E-state index contributed by atoms with van der Waals surface area (Å²) in [5.41, 5.74) is 1.05. The molecule has 0 aliphatic heterocycles. The van der Waals surface area contributed by atoms with E-state index in [9.17, 15) is 4.79 Å². The molecule has 3 nitrogen and oxygen atoms in total. The Morgan fingerprint density at radius 2 is 2.11 bits per heavy atom. The van der Waals surface area contributed by atoms with Crippen molar-refractivity contribution in [2.45, 2.75) is 32.7 Å². The third kappa shape index (κ3) is 3.97. The van der Waals surface area contributed by atoms with Crippen molar-refractivity contribution in [2.24, 2.45) is 0 Å². The van der Waals surface area contributed by atoms with E-state index in [0.29, 0.717) is 23.6 Å². The minimum absolute atomic E-state index is 0.0496. The van der Waals surface area contributed by atoms with Gasteiger partial charge in [0.25, 0.3) is 5.91 Å². The fourth-order valence-corrected chi connectivity index (χ4v) is 2.34. The van der Waals surface area contributed by atoms with Crippen LogP contribution in [0.15, 0.2) is 24.3 Å². The molecule has 0 saturated heterocycles. The number of carbonyl (C=O) groups excluding carboxylic acids is 1. The van der Waals surface area contributed by atoms with Crippen molar-refractivity contribution in [2.75, 3.05) is 12.4 Å². The van der Waals surface area contributed by atoms with Gasteiger partial charge in [-0.15, -0.1) is 11.6 Å². The predicted octanol–water partition coefficient (Wildman–Crippen LogP) is 3.43. The maximum Gasteiger partial charge on any atom is 0.254 e. The van der Waals surface area contributed by atoms with E-state index in [4.69, 9.17) is 16.9 Å². The summed E-state index contributed by atoms with van der Waals surface area (Å²) in [5, 5.41) is 8.89. The lowest BCUT2D eigenvalue weighted by Gasteiger charge is -2.30. The van der Waals surface area contributed by atoms with Crippen LogP contribution in [0.2, 0.25) is 0 Å². The van der Waals surface area contributed by atoms with Gasteiger partial charge >= 0.3 is 0 Å². The van der Waals surface area contributed by atoms with Gasteiger partial charge in [-0.3, -0.25) is 4.79 Å². The van der Waals surface area contributed by atoms with Crippen LogP contribution in [-0.4, -0.2) is 29.3 Å². The fraction of sp³-hybridized carbons (Fsp3) is 0.467. The number of alkyl halides is 1. The van der Waals surface area contributed by atoms with Gasteiger partial charge in [0.15, 0.2) is 0 Å². The Balaban J connectivity index is 3.01. The number of amides is 1. The Morgan fingerprint density at radius 1 is 1.42 bits per heavy atom. The molecule has 0 aliphatic rings. The summed E-state index contributed by atoms with van der Waals surface area (Å²) in [6.45, 7) is 4.66. The molecule has 1 amide bonds. The molecule has 1 aromatic carbocycles. The van der Waals surface area contributed by atoms with E-state index in [2.05, 4.69) is 19.9 Å². The van der Waals surface area contributed by atoms with E-state index in [1.807, 2.05) is 4.90 Å². The highest BCUT2D eigenvalue weighted by atomic mass is 35.5. The first-order chi connectivity index (χ1) is 9.17. The number of hydrogen-bond acceptors (Lipinski definition) is 2. The first-order valence-electron chi connectivity index (χ1n) is 6.55. The van der Waals surface area contributed by atoms with E-state index < -0.39 is 0 Å². The summed E-state index contributed by atoms with van der Waals surface area (Å²) in [6.07, 6.45) is 1.80. The molecule has 1 rings (SSSR count). The first-order valence-corrected chi connectivity index (χ1v) is 7.08. The number of halogens is 1. The van der Waals surface area contributed by atoms with Crippen LogP contribution in [0, 0.1) is 11.3 Å². The normalized spacial score (nSPS) is 10.3. The molecule has 0 saturated carbocycles. The van der Waals surface area contributed by atoms with Crippen LogP contribution in [0.1, 0.15) is 42.6 Å². The first kappa shape index (κ1) is 15.5. The highest BCUT2D eigenvalue weighted by Crippen LogP contribution is 2.15. The molecule has 1 aromatic rings. The molecule has 0 atom stereocenters. The van der Waals surface area contributed by atoms with Crippen molar-refractivity contribution in [3.63, 3.8) is 0 Å². The topological polar surface area (TPSA) is 44.1 Å². The maximum absolute atomic E-state index is 12.5. The molecule has 4 heteroatoms. The van der Waals surface area contributed by atoms with E-state index in [1.165, 1.54) is 0 Å². The fourth-order valence-electron chi connectivity index (χ4n) is 2.16. The molecule has 19 heavy (non-hydrogen) atoms. The molecule has 0 spiro atoms. The molecule has 0 aliphatic carbocycles. The molecule has 0 radical (unpaired) electrons. The lowest BCUT2D eigenvalue weighted by molar-refractivity contribution is 0.0681. The van der Waals surface area contributed by atoms with Crippen molar-refractivity contribution in [3.05, 3.63) is 35.4 Å². The minimum Gasteiger partial charge on any atom is -0.334 e. The van der Waals surface area contributed by atoms with E-state index in [0.717, 1.165) is 12.8 Å². The van der Waals surface area contributed by atoms with Crippen LogP contribution >= 0.6 is 11.6 Å². The summed E-state index contributed by atoms with van der Waals surface area (Å²) in [7, 11) is 0. The summed E-state index contributed by atoms with van der Waals surface area (Å²) in [5.74, 6) is 0.367. The number of nitriles is 1. The van der Waals surface area contributed by atoms with Gasteiger partial charge in [0.05, 0.1) is 11.6 Å². The predicted molar refractivity (Wildman–Crippen MR) is 77.3 cm³/mol. The summed E-state index contributed by atoms with van der Waals surface area (Å²) < 4.78 is 0. The van der Waals surface area contributed by atoms with E-state index in [1.54, 1.807) is 24.3 Å². The zero-order valence-corrected chi connectivity index (χ0v) is 12.2. The molecule has 0 heterocycles.